The zero-order valence-corrected chi connectivity index (χ0v) is 14.5. The number of carbonyl (C=O) groups excluding carboxylic acids is 2. The van der Waals surface area contributed by atoms with Crippen LogP contribution >= 0.6 is 0 Å². The van der Waals surface area contributed by atoms with Crippen molar-refractivity contribution < 1.29 is 23.8 Å². The van der Waals surface area contributed by atoms with Crippen LogP contribution in [-0.4, -0.2) is 57.3 Å². The van der Waals surface area contributed by atoms with Gasteiger partial charge in [0.25, 0.3) is 0 Å². The highest BCUT2D eigenvalue weighted by atomic mass is 16.7. The Labute approximate surface area is 146 Å². The monoisotopic (exact) mass is 349 g/mol. The molecule has 25 heavy (non-hydrogen) atoms. The van der Waals surface area contributed by atoms with Gasteiger partial charge >= 0.3 is 0 Å². The molecule has 136 valence electrons. The molecule has 0 bridgehead atoms. The minimum absolute atomic E-state index is 0.0301. The van der Waals surface area contributed by atoms with Gasteiger partial charge in [-0.25, -0.2) is 0 Å². The van der Waals surface area contributed by atoms with E-state index in [9.17, 15) is 9.59 Å². The summed E-state index contributed by atoms with van der Waals surface area (Å²) >= 11 is 0. The van der Waals surface area contributed by atoms with E-state index in [1.54, 1.807) is 19.2 Å². The van der Waals surface area contributed by atoms with Gasteiger partial charge in [0, 0.05) is 25.7 Å². The first-order valence-corrected chi connectivity index (χ1v) is 8.32. The number of carbonyl (C=O) groups is 2. The molecule has 0 aromatic heterocycles. The number of benzene rings is 1. The van der Waals surface area contributed by atoms with Crippen molar-refractivity contribution >= 4 is 17.5 Å². The molecule has 2 aliphatic heterocycles. The number of likely N-dealkylation sites (tertiary alicyclic amines) is 1. The van der Waals surface area contributed by atoms with Crippen molar-refractivity contribution in [2.75, 3.05) is 45.9 Å². The zero-order valence-electron chi connectivity index (χ0n) is 14.5. The lowest BCUT2D eigenvalue weighted by atomic mass is 9.97. The van der Waals surface area contributed by atoms with Gasteiger partial charge in [-0.1, -0.05) is 0 Å². The second kappa shape index (κ2) is 7.60. The van der Waals surface area contributed by atoms with Crippen molar-refractivity contribution in [1.29, 1.82) is 0 Å². The molecule has 1 fully saturated rings. The highest BCUT2D eigenvalue weighted by molar-refractivity contribution is 5.94. The second-order valence-electron chi connectivity index (χ2n) is 6.14. The molecule has 1 aromatic carbocycles. The largest absolute Gasteiger partial charge is 0.494 e. The Bertz CT molecular complexity index is 664. The summed E-state index contributed by atoms with van der Waals surface area (Å²) in [5.41, 5.74) is 0.539. The van der Waals surface area contributed by atoms with Crippen molar-refractivity contribution in [2.45, 2.75) is 12.8 Å². The molecule has 0 spiro atoms. The molecular formula is C17H23N3O5. The first-order valence-electron chi connectivity index (χ1n) is 8.32. The van der Waals surface area contributed by atoms with Gasteiger partial charge in [0.15, 0.2) is 11.5 Å². The maximum Gasteiger partial charge on any atom is 0.238 e. The molecular weight excluding hydrogens is 326 g/mol. The molecule has 1 unspecified atom stereocenters. The molecule has 2 amide bonds. The zero-order chi connectivity index (χ0) is 17.8. The average molecular weight is 349 g/mol. The van der Waals surface area contributed by atoms with E-state index < -0.39 is 0 Å². The number of hydrogen-bond donors (Lipinski definition) is 2. The van der Waals surface area contributed by atoms with Crippen molar-refractivity contribution in [3.05, 3.63) is 12.1 Å². The third kappa shape index (κ3) is 3.96. The fourth-order valence-electron chi connectivity index (χ4n) is 3.20. The number of methoxy groups -OCH3 is 1. The van der Waals surface area contributed by atoms with Gasteiger partial charge in [-0.3, -0.25) is 14.5 Å². The Morgan fingerprint density at radius 2 is 2.08 bits per heavy atom. The Morgan fingerprint density at radius 3 is 2.80 bits per heavy atom. The Balaban J connectivity index is 1.62. The van der Waals surface area contributed by atoms with Gasteiger partial charge in [-0.2, -0.15) is 0 Å². The fraction of sp³-hybridized carbons (Fsp3) is 0.529. The quantitative estimate of drug-likeness (QED) is 0.818. The molecule has 1 aromatic rings. The summed E-state index contributed by atoms with van der Waals surface area (Å²) in [6, 6.07) is 3.39. The molecule has 2 heterocycles. The van der Waals surface area contributed by atoms with E-state index in [-0.39, 0.29) is 31.1 Å². The first kappa shape index (κ1) is 17.3. The van der Waals surface area contributed by atoms with E-state index in [1.165, 1.54) is 7.11 Å². The predicted molar refractivity (Wildman–Crippen MR) is 91.0 cm³/mol. The Hall–Kier alpha value is -2.48. The molecule has 1 atom stereocenters. The van der Waals surface area contributed by atoms with Crippen molar-refractivity contribution in [3.63, 3.8) is 0 Å². The smallest absolute Gasteiger partial charge is 0.238 e. The highest BCUT2D eigenvalue weighted by Gasteiger charge is 2.26. The van der Waals surface area contributed by atoms with E-state index in [0.717, 1.165) is 19.4 Å². The van der Waals surface area contributed by atoms with E-state index in [0.29, 0.717) is 29.5 Å². The summed E-state index contributed by atoms with van der Waals surface area (Å²) in [6.45, 7) is 1.78. The van der Waals surface area contributed by atoms with E-state index in [4.69, 9.17) is 14.2 Å². The average Bonchev–Trinajstić information content (AvgIpc) is 3.07. The van der Waals surface area contributed by atoms with Gasteiger partial charge in [-0.05, 0) is 19.4 Å². The number of rotatable bonds is 5. The summed E-state index contributed by atoms with van der Waals surface area (Å²) in [5, 5.41) is 5.53. The Morgan fingerprint density at radius 1 is 1.32 bits per heavy atom. The van der Waals surface area contributed by atoms with Gasteiger partial charge in [0.1, 0.15) is 5.75 Å². The van der Waals surface area contributed by atoms with Crippen LogP contribution in [-0.2, 0) is 9.59 Å². The van der Waals surface area contributed by atoms with E-state index in [2.05, 4.69) is 10.6 Å². The third-order valence-electron chi connectivity index (χ3n) is 4.46. The van der Waals surface area contributed by atoms with Gasteiger partial charge in [-0.15, -0.1) is 0 Å². The molecule has 8 nitrogen and oxygen atoms in total. The third-order valence-corrected chi connectivity index (χ3v) is 4.46. The normalized spacial score (nSPS) is 19.4. The molecule has 0 radical (unpaired) electrons. The van der Waals surface area contributed by atoms with Crippen LogP contribution in [0.25, 0.3) is 0 Å². The standard InChI is InChI=1S/C17H23N3O5/c1-18-17(22)11-4-3-5-20(8-11)9-16(21)19-12-6-14-15(25-10-24-14)7-13(12)23-2/h6-7,11H,3-5,8-10H2,1-2H3,(H,18,22)(H,19,21). The second-order valence-corrected chi connectivity index (χ2v) is 6.14. The first-order chi connectivity index (χ1) is 12.1. The van der Waals surface area contributed by atoms with Crippen molar-refractivity contribution in [2.24, 2.45) is 5.92 Å². The number of hydrogen-bond acceptors (Lipinski definition) is 6. The SMILES string of the molecule is CNC(=O)C1CCCN(CC(=O)Nc2cc3c(cc2OC)OCO3)C1. The minimum atomic E-state index is -0.158. The Kier molecular flexibility index (Phi) is 5.28. The summed E-state index contributed by atoms with van der Waals surface area (Å²) in [6.07, 6.45) is 1.76. The summed E-state index contributed by atoms with van der Waals surface area (Å²) in [5.74, 6) is 1.50. The minimum Gasteiger partial charge on any atom is -0.494 e. The maximum absolute atomic E-state index is 12.4. The van der Waals surface area contributed by atoms with Crippen LogP contribution in [0, 0.1) is 5.92 Å². The van der Waals surface area contributed by atoms with Crippen LogP contribution in [0.15, 0.2) is 12.1 Å². The van der Waals surface area contributed by atoms with Crippen LogP contribution in [0.1, 0.15) is 12.8 Å². The van der Waals surface area contributed by atoms with Gasteiger partial charge in [0.2, 0.25) is 18.6 Å². The van der Waals surface area contributed by atoms with Gasteiger partial charge in [0.05, 0.1) is 25.3 Å². The summed E-state index contributed by atoms with van der Waals surface area (Å²) in [4.78, 5) is 26.2. The number of anilines is 1. The molecule has 8 heteroatoms. The van der Waals surface area contributed by atoms with E-state index in [1.807, 2.05) is 4.90 Å². The molecule has 0 aliphatic carbocycles. The highest BCUT2D eigenvalue weighted by Crippen LogP contribution is 2.40. The fourth-order valence-corrected chi connectivity index (χ4v) is 3.20. The molecule has 0 saturated carbocycles. The molecule has 2 aliphatic rings. The topological polar surface area (TPSA) is 89.1 Å². The van der Waals surface area contributed by atoms with Crippen molar-refractivity contribution in [3.8, 4) is 17.2 Å². The lowest BCUT2D eigenvalue weighted by Gasteiger charge is -2.31. The number of ether oxygens (including phenoxy) is 3. The van der Waals surface area contributed by atoms with E-state index >= 15 is 0 Å². The van der Waals surface area contributed by atoms with Crippen LogP contribution in [0.5, 0.6) is 17.2 Å². The van der Waals surface area contributed by atoms with Crippen LogP contribution in [0.4, 0.5) is 5.69 Å². The maximum atomic E-state index is 12.4. The number of fused-ring (bicyclic) bond motifs is 1. The number of nitrogens with zero attached hydrogens (tertiary/aromatic N) is 1. The van der Waals surface area contributed by atoms with Crippen LogP contribution in [0.2, 0.25) is 0 Å². The number of nitrogens with one attached hydrogen (secondary N) is 2. The lowest BCUT2D eigenvalue weighted by molar-refractivity contribution is -0.127. The van der Waals surface area contributed by atoms with Crippen LogP contribution < -0.4 is 24.8 Å². The lowest BCUT2D eigenvalue weighted by Crippen LogP contribution is -2.44. The molecule has 2 N–H and O–H groups in total. The summed E-state index contributed by atoms with van der Waals surface area (Å²) < 4.78 is 16.0. The van der Waals surface area contributed by atoms with Crippen LogP contribution in [0.3, 0.4) is 0 Å². The van der Waals surface area contributed by atoms with Gasteiger partial charge < -0.3 is 24.8 Å². The number of piperidine rings is 1. The number of amides is 2. The molecule has 3 rings (SSSR count). The molecule has 1 saturated heterocycles. The van der Waals surface area contributed by atoms with Crippen molar-refractivity contribution in [1.82, 2.24) is 10.2 Å². The predicted octanol–water partition coefficient (Wildman–Crippen LogP) is 0.820. The summed E-state index contributed by atoms with van der Waals surface area (Å²) in [7, 11) is 3.17.